The molecule has 5 nitrogen and oxygen atoms in total. The van der Waals surface area contributed by atoms with Crippen LogP contribution >= 0.6 is 11.6 Å². The van der Waals surface area contributed by atoms with Gasteiger partial charge < -0.3 is 5.11 Å². The monoisotopic (exact) mass is 269 g/mol. The van der Waals surface area contributed by atoms with Crippen LogP contribution in [-0.2, 0) is 4.79 Å². The van der Waals surface area contributed by atoms with Crippen molar-refractivity contribution in [3.8, 4) is 0 Å². The van der Waals surface area contributed by atoms with E-state index in [0.717, 1.165) is 19.3 Å². The Labute approximate surface area is 110 Å². The molecular weight excluding hydrogens is 254 g/mol. The molecule has 98 valence electrons. The van der Waals surface area contributed by atoms with Crippen LogP contribution in [0.3, 0.4) is 0 Å². The normalized spacial score (nSPS) is 31.7. The molecule has 2 aliphatic rings. The van der Waals surface area contributed by atoms with Gasteiger partial charge in [-0.2, -0.15) is 5.10 Å². The van der Waals surface area contributed by atoms with Crippen LogP contribution in [0.25, 0.3) is 0 Å². The maximum absolute atomic E-state index is 11.6. The minimum absolute atomic E-state index is 0.125. The van der Waals surface area contributed by atoms with Gasteiger partial charge in [-0.3, -0.25) is 14.8 Å². The van der Waals surface area contributed by atoms with Gasteiger partial charge in [-0.15, -0.1) is 0 Å². The average Bonchev–Trinajstić information content (AvgIpc) is 2.85. The largest absolute Gasteiger partial charge is 0.480 e. The minimum atomic E-state index is -0.774. The summed E-state index contributed by atoms with van der Waals surface area (Å²) in [5, 5.41) is 17.6. The highest BCUT2D eigenvalue weighted by atomic mass is 35.5. The van der Waals surface area contributed by atoms with Gasteiger partial charge in [0.1, 0.15) is 5.54 Å². The molecule has 0 spiro atoms. The molecule has 2 N–H and O–H groups in total. The van der Waals surface area contributed by atoms with Crippen LogP contribution in [-0.4, -0.2) is 32.4 Å². The lowest BCUT2D eigenvalue weighted by molar-refractivity contribution is -0.144. The fraction of sp³-hybridized carbons (Fsp3) is 0.667. The third-order valence-electron chi connectivity index (χ3n) is 3.90. The second-order valence-corrected chi connectivity index (χ2v) is 5.78. The fourth-order valence-corrected chi connectivity index (χ4v) is 2.91. The van der Waals surface area contributed by atoms with Crippen molar-refractivity contribution >= 4 is 17.6 Å². The van der Waals surface area contributed by atoms with Crippen LogP contribution in [0.2, 0.25) is 5.02 Å². The van der Waals surface area contributed by atoms with E-state index in [1.54, 1.807) is 17.1 Å². The summed E-state index contributed by atoms with van der Waals surface area (Å²) in [6, 6.07) is 0.515. The van der Waals surface area contributed by atoms with Crippen LogP contribution in [0, 0.1) is 0 Å². The number of nitrogens with one attached hydrogen (secondary N) is 1. The van der Waals surface area contributed by atoms with Crippen LogP contribution in [0.5, 0.6) is 0 Å². The predicted molar refractivity (Wildman–Crippen MR) is 66.6 cm³/mol. The second-order valence-electron chi connectivity index (χ2n) is 5.34. The molecule has 1 aromatic rings. The third-order valence-corrected chi connectivity index (χ3v) is 4.09. The molecule has 18 heavy (non-hydrogen) atoms. The van der Waals surface area contributed by atoms with Gasteiger partial charge in [0.25, 0.3) is 0 Å². The van der Waals surface area contributed by atoms with E-state index in [1.165, 1.54) is 0 Å². The van der Waals surface area contributed by atoms with Crippen molar-refractivity contribution in [2.75, 3.05) is 0 Å². The van der Waals surface area contributed by atoms with E-state index >= 15 is 0 Å². The van der Waals surface area contributed by atoms with Gasteiger partial charge in [0, 0.05) is 12.2 Å². The number of aromatic nitrogens is 2. The molecule has 0 aromatic carbocycles. The lowest BCUT2D eigenvalue weighted by Gasteiger charge is -2.26. The van der Waals surface area contributed by atoms with Gasteiger partial charge in [-0.1, -0.05) is 11.6 Å². The Morgan fingerprint density at radius 1 is 1.56 bits per heavy atom. The topological polar surface area (TPSA) is 67.2 Å². The van der Waals surface area contributed by atoms with Crippen molar-refractivity contribution in [2.24, 2.45) is 0 Å². The quantitative estimate of drug-likeness (QED) is 0.875. The molecular formula is C12H16ClN3O2. The van der Waals surface area contributed by atoms with Crippen LogP contribution in [0.1, 0.15) is 38.1 Å². The van der Waals surface area contributed by atoms with E-state index in [-0.39, 0.29) is 6.04 Å². The summed E-state index contributed by atoms with van der Waals surface area (Å²) in [7, 11) is 0. The molecule has 2 saturated carbocycles. The molecule has 6 heteroatoms. The number of carbonyl (C=O) groups is 1. The molecule has 0 bridgehead atoms. The molecule has 0 saturated heterocycles. The van der Waals surface area contributed by atoms with Crippen LogP contribution in [0.15, 0.2) is 12.4 Å². The fourth-order valence-electron chi connectivity index (χ4n) is 2.77. The molecule has 0 amide bonds. The number of carboxylic acid groups (broad SMARTS) is 1. The zero-order valence-corrected chi connectivity index (χ0v) is 10.7. The Kier molecular flexibility index (Phi) is 2.83. The lowest BCUT2D eigenvalue weighted by Crippen LogP contribution is -2.51. The van der Waals surface area contributed by atoms with E-state index in [4.69, 9.17) is 11.6 Å². The summed E-state index contributed by atoms with van der Waals surface area (Å²) in [5.41, 5.74) is -0.774. The molecule has 2 aliphatic carbocycles. The Balaban J connectivity index is 1.76. The van der Waals surface area contributed by atoms with Gasteiger partial charge in [0.15, 0.2) is 0 Å². The molecule has 0 aliphatic heterocycles. The SMILES string of the molecule is O=C(O)C1(NC2CC2)CCC(n2cc(Cl)cn2)C1. The summed E-state index contributed by atoms with van der Waals surface area (Å²) in [6.45, 7) is 0. The van der Waals surface area contributed by atoms with E-state index in [2.05, 4.69) is 10.4 Å². The third kappa shape index (κ3) is 2.12. The Morgan fingerprint density at radius 2 is 2.33 bits per heavy atom. The van der Waals surface area contributed by atoms with Crippen molar-refractivity contribution in [1.29, 1.82) is 0 Å². The molecule has 2 fully saturated rings. The number of carboxylic acids is 1. The molecule has 2 unspecified atom stereocenters. The van der Waals surface area contributed by atoms with Crippen LogP contribution in [0.4, 0.5) is 0 Å². The van der Waals surface area contributed by atoms with Gasteiger partial charge in [-0.25, -0.2) is 0 Å². The lowest BCUT2D eigenvalue weighted by atomic mass is 9.97. The second kappa shape index (κ2) is 4.24. The van der Waals surface area contributed by atoms with E-state index in [1.807, 2.05) is 0 Å². The number of hydrogen-bond donors (Lipinski definition) is 2. The highest BCUT2D eigenvalue weighted by Crippen LogP contribution is 2.40. The average molecular weight is 270 g/mol. The predicted octanol–water partition coefficient (Wildman–Crippen LogP) is 1.84. The van der Waals surface area contributed by atoms with Crippen molar-refractivity contribution < 1.29 is 9.90 Å². The van der Waals surface area contributed by atoms with Crippen molar-refractivity contribution in [2.45, 2.75) is 49.7 Å². The van der Waals surface area contributed by atoms with Gasteiger partial charge in [-0.05, 0) is 32.1 Å². The van der Waals surface area contributed by atoms with Crippen LogP contribution < -0.4 is 5.32 Å². The standard InChI is InChI=1S/C12H16ClN3O2/c13-8-6-14-16(7-8)10-3-4-12(5-10,11(17)18)15-9-1-2-9/h6-7,9-10,15H,1-5H2,(H,17,18). The summed E-state index contributed by atoms with van der Waals surface area (Å²) >= 11 is 5.85. The number of nitrogens with zero attached hydrogens (tertiary/aromatic N) is 2. The smallest absolute Gasteiger partial charge is 0.323 e. The molecule has 1 heterocycles. The molecule has 2 atom stereocenters. The van der Waals surface area contributed by atoms with Crippen molar-refractivity contribution in [1.82, 2.24) is 15.1 Å². The van der Waals surface area contributed by atoms with Crippen molar-refractivity contribution in [3.63, 3.8) is 0 Å². The van der Waals surface area contributed by atoms with E-state index in [0.29, 0.717) is 23.9 Å². The molecule has 0 radical (unpaired) electrons. The first-order valence-corrected chi connectivity index (χ1v) is 6.68. The maximum Gasteiger partial charge on any atom is 0.323 e. The highest BCUT2D eigenvalue weighted by molar-refractivity contribution is 6.30. The summed E-state index contributed by atoms with van der Waals surface area (Å²) < 4.78 is 1.79. The minimum Gasteiger partial charge on any atom is -0.480 e. The van der Waals surface area contributed by atoms with Gasteiger partial charge >= 0.3 is 5.97 Å². The van der Waals surface area contributed by atoms with E-state index < -0.39 is 11.5 Å². The number of halogens is 1. The summed E-state index contributed by atoms with van der Waals surface area (Å²) in [5.74, 6) is -0.741. The number of aliphatic carboxylic acids is 1. The first-order chi connectivity index (χ1) is 8.59. The van der Waals surface area contributed by atoms with Crippen molar-refractivity contribution in [3.05, 3.63) is 17.4 Å². The zero-order valence-electron chi connectivity index (χ0n) is 9.97. The first kappa shape index (κ1) is 12.0. The Bertz CT molecular complexity index is 472. The maximum atomic E-state index is 11.6. The molecule has 3 rings (SSSR count). The summed E-state index contributed by atoms with van der Waals surface area (Å²) in [4.78, 5) is 11.6. The van der Waals surface area contributed by atoms with Gasteiger partial charge in [0.2, 0.25) is 0 Å². The highest BCUT2D eigenvalue weighted by Gasteiger charge is 2.48. The Morgan fingerprint density at radius 3 is 2.89 bits per heavy atom. The Hall–Kier alpha value is -1.07. The van der Waals surface area contributed by atoms with Gasteiger partial charge in [0.05, 0.1) is 17.3 Å². The summed E-state index contributed by atoms with van der Waals surface area (Å²) in [6.07, 6.45) is 7.60. The van der Waals surface area contributed by atoms with E-state index in [9.17, 15) is 9.90 Å². The first-order valence-electron chi connectivity index (χ1n) is 6.30. The number of hydrogen-bond acceptors (Lipinski definition) is 3. The zero-order chi connectivity index (χ0) is 12.8. The number of rotatable bonds is 4. The molecule has 1 aromatic heterocycles.